The van der Waals surface area contributed by atoms with Crippen LogP contribution in [0.4, 0.5) is 0 Å². The minimum Gasteiger partial charge on any atom is -0.311 e. The van der Waals surface area contributed by atoms with Crippen molar-refractivity contribution in [1.82, 2.24) is 9.66 Å². The Morgan fingerprint density at radius 3 is 2.80 bits per heavy atom. The molecular weight excluding hydrogens is 250 g/mol. The lowest BCUT2D eigenvalue weighted by molar-refractivity contribution is 0.664. The van der Waals surface area contributed by atoms with Gasteiger partial charge in [0.25, 0.3) is 0 Å². The van der Waals surface area contributed by atoms with Gasteiger partial charge in [-0.3, -0.25) is 14.5 Å². The van der Waals surface area contributed by atoms with E-state index in [1.54, 1.807) is 18.5 Å². The zero-order valence-corrected chi connectivity index (χ0v) is 11.2. The van der Waals surface area contributed by atoms with Crippen LogP contribution >= 0.6 is 0 Å². The van der Waals surface area contributed by atoms with Crippen molar-refractivity contribution in [3.05, 3.63) is 76.8 Å². The molecule has 2 aromatic heterocycles. The molecule has 3 rings (SSSR count). The molecule has 0 aliphatic carbocycles. The summed E-state index contributed by atoms with van der Waals surface area (Å²) in [5.74, 6) is 0. The quantitative estimate of drug-likeness (QED) is 0.728. The van der Waals surface area contributed by atoms with E-state index < -0.39 is 0 Å². The van der Waals surface area contributed by atoms with E-state index in [0.29, 0.717) is 0 Å². The Hall–Kier alpha value is -2.62. The first-order valence-electron chi connectivity index (χ1n) is 6.46. The van der Waals surface area contributed by atoms with Crippen molar-refractivity contribution in [3.63, 3.8) is 0 Å². The van der Waals surface area contributed by atoms with E-state index in [4.69, 9.17) is 0 Å². The van der Waals surface area contributed by atoms with Crippen molar-refractivity contribution in [2.24, 2.45) is 0 Å². The molecular formula is C16H15N3O. The third-order valence-electron chi connectivity index (χ3n) is 3.29. The van der Waals surface area contributed by atoms with Gasteiger partial charge in [0.15, 0.2) is 5.43 Å². The third kappa shape index (κ3) is 2.28. The van der Waals surface area contributed by atoms with Crippen LogP contribution in [0.5, 0.6) is 0 Å². The molecule has 0 aliphatic rings. The highest BCUT2D eigenvalue weighted by atomic mass is 16.1. The second-order valence-electron chi connectivity index (χ2n) is 4.72. The van der Waals surface area contributed by atoms with Gasteiger partial charge in [0.1, 0.15) is 0 Å². The van der Waals surface area contributed by atoms with E-state index in [9.17, 15) is 4.79 Å². The van der Waals surface area contributed by atoms with Crippen molar-refractivity contribution in [2.45, 2.75) is 6.54 Å². The average molecular weight is 265 g/mol. The SMILES string of the molecule is CN(Cc1cccnc1)n1ccc(=O)c2ccccc21. The minimum atomic E-state index is 0.0478. The summed E-state index contributed by atoms with van der Waals surface area (Å²) in [6.45, 7) is 0.723. The molecule has 100 valence electrons. The number of aromatic nitrogens is 2. The minimum absolute atomic E-state index is 0.0478. The molecule has 4 heteroatoms. The zero-order chi connectivity index (χ0) is 13.9. The molecule has 0 amide bonds. The summed E-state index contributed by atoms with van der Waals surface area (Å²) in [5, 5.41) is 2.78. The maximum absolute atomic E-state index is 11.9. The Morgan fingerprint density at radius 2 is 2.00 bits per heavy atom. The van der Waals surface area contributed by atoms with Crippen LogP contribution in [0.3, 0.4) is 0 Å². The molecule has 0 saturated carbocycles. The van der Waals surface area contributed by atoms with Gasteiger partial charge in [-0.05, 0) is 23.8 Å². The fraction of sp³-hybridized carbons (Fsp3) is 0.125. The summed E-state index contributed by atoms with van der Waals surface area (Å²) < 4.78 is 1.99. The predicted octanol–water partition coefficient (Wildman–Crippen LogP) is 2.16. The highest BCUT2D eigenvalue weighted by molar-refractivity contribution is 5.78. The Bertz CT molecular complexity index is 780. The van der Waals surface area contributed by atoms with E-state index >= 15 is 0 Å². The van der Waals surface area contributed by atoms with Crippen molar-refractivity contribution in [3.8, 4) is 0 Å². The first-order valence-corrected chi connectivity index (χ1v) is 6.46. The van der Waals surface area contributed by atoms with E-state index in [1.165, 1.54) is 0 Å². The molecule has 3 aromatic rings. The van der Waals surface area contributed by atoms with Crippen LogP contribution in [0, 0.1) is 0 Å². The number of para-hydroxylation sites is 1. The molecule has 0 N–H and O–H groups in total. The molecule has 0 aliphatic heterocycles. The van der Waals surface area contributed by atoms with Crippen LogP contribution in [0.25, 0.3) is 10.9 Å². The van der Waals surface area contributed by atoms with Gasteiger partial charge < -0.3 is 5.01 Å². The van der Waals surface area contributed by atoms with Crippen molar-refractivity contribution in [1.29, 1.82) is 0 Å². The normalized spacial score (nSPS) is 10.7. The van der Waals surface area contributed by atoms with Crippen LogP contribution in [0.15, 0.2) is 65.8 Å². The molecule has 20 heavy (non-hydrogen) atoms. The van der Waals surface area contributed by atoms with Crippen molar-refractivity contribution >= 4 is 10.9 Å². The number of rotatable bonds is 3. The number of benzene rings is 1. The van der Waals surface area contributed by atoms with Gasteiger partial charge in [-0.2, -0.15) is 0 Å². The zero-order valence-electron chi connectivity index (χ0n) is 11.2. The van der Waals surface area contributed by atoms with Gasteiger partial charge in [0.05, 0.1) is 12.1 Å². The van der Waals surface area contributed by atoms with Crippen LogP contribution < -0.4 is 10.4 Å². The second kappa shape index (κ2) is 5.17. The maximum Gasteiger partial charge on any atom is 0.189 e. The first-order chi connectivity index (χ1) is 9.75. The summed E-state index contributed by atoms with van der Waals surface area (Å²) in [7, 11) is 1.99. The Labute approximate surface area is 116 Å². The summed E-state index contributed by atoms with van der Waals surface area (Å²) in [6, 6.07) is 13.2. The smallest absolute Gasteiger partial charge is 0.189 e. The Balaban J connectivity index is 2.02. The number of fused-ring (bicyclic) bond motifs is 1. The molecule has 1 aromatic carbocycles. The molecule has 0 atom stereocenters. The third-order valence-corrected chi connectivity index (χ3v) is 3.29. The van der Waals surface area contributed by atoms with Gasteiger partial charge in [-0.25, -0.2) is 0 Å². The van der Waals surface area contributed by atoms with E-state index in [1.807, 2.05) is 54.3 Å². The predicted molar refractivity (Wildman–Crippen MR) is 80.3 cm³/mol. The summed E-state index contributed by atoms with van der Waals surface area (Å²) >= 11 is 0. The lowest BCUT2D eigenvalue weighted by Crippen LogP contribution is -2.30. The molecule has 0 saturated heterocycles. The standard InChI is InChI=1S/C16H15N3O/c1-18(12-13-5-4-9-17-11-13)19-10-8-16(20)14-6-2-3-7-15(14)19/h2-11H,12H2,1H3. The molecule has 0 bridgehead atoms. The Morgan fingerprint density at radius 1 is 1.15 bits per heavy atom. The highest BCUT2D eigenvalue weighted by Gasteiger charge is 2.06. The summed E-state index contributed by atoms with van der Waals surface area (Å²) in [5.41, 5.74) is 2.08. The topological polar surface area (TPSA) is 38.1 Å². The lowest BCUT2D eigenvalue weighted by atomic mass is 10.2. The van der Waals surface area contributed by atoms with E-state index in [0.717, 1.165) is 23.0 Å². The fourth-order valence-corrected chi connectivity index (χ4v) is 2.32. The molecule has 0 unspecified atom stereocenters. The van der Waals surface area contributed by atoms with E-state index in [-0.39, 0.29) is 5.43 Å². The average Bonchev–Trinajstić information content (AvgIpc) is 2.49. The molecule has 0 fully saturated rings. The van der Waals surface area contributed by atoms with Crippen LogP contribution in [0.1, 0.15) is 5.56 Å². The molecule has 0 spiro atoms. The monoisotopic (exact) mass is 265 g/mol. The number of nitrogens with zero attached hydrogens (tertiary/aromatic N) is 3. The van der Waals surface area contributed by atoms with Crippen molar-refractivity contribution < 1.29 is 0 Å². The Kier molecular flexibility index (Phi) is 3.21. The largest absolute Gasteiger partial charge is 0.311 e. The van der Waals surface area contributed by atoms with Gasteiger partial charge in [-0.15, -0.1) is 0 Å². The first kappa shape index (κ1) is 12.4. The van der Waals surface area contributed by atoms with Gasteiger partial charge in [0.2, 0.25) is 0 Å². The molecule has 2 heterocycles. The highest BCUT2D eigenvalue weighted by Crippen LogP contribution is 2.11. The van der Waals surface area contributed by atoms with Crippen LogP contribution in [0.2, 0.25) is 0 Å². The lowest BCUT2D eigenvalue weighted by Gasteiger charge is -2.24. The molecule has 4 nitrogen and oxygen atoms in total. The van der Waals surface area contributed by atoms with E-state index in [2.05, 4.69) is 9.99 Å². The van der Waals surface area contributed by atoms with Gasteiger partial charge in [-0.1, -0.05) is 18.2 Å². The van der Waals surface area contributed by atoms with Crippen LogP contribution in [-0.2, 0) is 6.54 Å². The fourth-order valence-electron chi connectivity index (χ4n) is 2.32. The van der Waals surface area contributed by atoms with Gasteiger partial charge >= 0.3 is 0 Å². The number of pyridine rings is 2. The van der Waals surface area contributed by atoms with Crippen LogP contribution in [-0.4, -0.2) is 16.7 Å². The number of hydrogen-bond acceptors (Lipinski definition) is 3. The summed E-state index contributed by atoms with van der Waals surface area (Å²) in [6.07, 6.45) is 5.42. The summed E-state index contributed by atoms with van der Waals surface area (Å²) in [4.78, 5) is 16.0. The maximum atomic E-state index is 11.9. The van der Waals surface area contributed by atoms with Gasteiger partial charge in [0, 0.05) is 37.1 Å². The molecule has 0 radical (unpaired) electrons. The number of hydrogen-bond donors (Lipinski definition) is 0. The van der Waals surface area contributed by atoms with Crippen molar-refractivity contribution in [2.75, 3.05) is 12.1 Å². The second-order valence-corrected chi connectivity index (χ2v) is 4.72.